The van der Waals surface area contributed by atoms with Crippen LogP contribution in [0, 0.1) is 5.82 Å². The summed E-state index contributed by atoms with van der Waals surface area (Å²) in [5, 5.41) is 8.98. The number of hydrogen-bond acceptors (Lipinski definition) is 2. The van der Waals surface area contributed by atoms with E-state index in [9.17, 15) is 4.39 Å². The summed E-state index contributed by atoms with van der Waals surface area (Å²) in [5.41, 5.74) is 0.312. The van der Waals surface area contributed by atoms with E-state index in [1.165, 1.54) is 13.1 Å². The first-order valence-corrected chi connectivity index (χ1v) is 3.47. The van der Waals surface area contributed by atoms with Crippen molar-refractivity contribution in [1.29, 1.82) is 0 Å². The van der Waals surface area contributed by atoms with Crippen LogP contribution >= 0.6 is 11.6 Å². The number of nitrogens with zero attached hydrogens (tertiary/aromatic N) is 1. The molecule has 1 aromatic heterocycles. The molecule has 0 fully saturated rings. The van der Waals surface area contributed by atoms with Gasteiger partial charge >= 0.3 is 0 Å². The zero-order valence-corrected chi connectivity index (χ0v) is 6.64. The zero-order chi connectivity index (χ0) is 8.43. The van der Waals surface area contributed by atoms with Crippen LogP contribution in [0.2, 0.25) is 5.02 Å². The average molecular weight is 176 g/mol. The Bertz CT molecular complexity index is 265. The molecule has 0 bridgehead atoms. The lowest BCUT2D eigenvalue weighted by Crippen LogP contribution is -1.95. The minimum Gasteiger partial charge on any atom is -0.389 e. The summed E-state index contributed by atoms with van der Waals surface area (Å²) < 4.78 is 12.6. The summed E-state index contributed by atoms with van der Waals surface area (Å²) in [6, 6.07) is 0. The Morgan fingerprint density at radius 2 is 2.27 bits per heavy atom. The standard InChI is InChI=1S/C7H7ClFNO/c1-4(11)5-2-10-3-6(9)7(5)8/h2-4,11H,1H3. The van der Waals surface area contributed by atoms with Crippen LogP contribution < -0.4 is 0 Å². The topological polar surface area (TPSA) is 33.1 Å². The van der Waals surface area contributed by atoms with Crippen molar-refractivity contribution in [3.63, 3.8) is 0 Å². The highest BCUT2D eigenvalue weighted by molar-refractivity contribution is 6.31. The van der Waals surface area contributed by atoms with Crippen LogP contribution in [-0.4, -0.2) is 10.1 Å². The summed E-state index contributed by atoms with van der Waals surface area (Å²) in [6.07, 6.45) is 1.57. The van der Waals surface area contributed by atoms with E-state index in [1.807, 2.05) is 0 Å². The smallest absolute Gasteiger partial charge is 0.160 e. The van der Waals surface area contributed by atoms with Crippen LogP contribution in [0.1, 0.15) is 18.6 Å². The molecule has 1 atom stereocenters. The van der Waals surface area contributed by atoms with E-state index in [4.69, 9.17) is 16.7 Å². The van der Waals surface area contributed by atoms with E-state index in [0.717, 1.165) is 6.20 Å². The first-order chi connectivity index (χ1) is 5.13. The van der Waals surface area contributed by atoms with Crippen LogP contribution in [0.15, 0.2) is 12.4 Å². The molecule has 0 aliphatic heterocycles. The van der Waals surface area contributed by atoms with Gasteiger partial charge in [0.05, 0.1) is 17.3 Å². The Morgan fingerprint density at radius 1 is 1.64 bits per heavy atom. The van der Waals surface area contributed by atoms with Gasteiger partial charge in [-0.3, -0.25) is 4.98 Å². The third-order valence-corrected chi connectivity index (χ3v) is 1.71. The van der Waals surface area contributed by atoms with Crippen molar-refractivity contribution >= 4 is 11.6 Å². The molecule has 2 nitrogen and oxygen atoms in total. The molecule has 0 amide bonds. The Labute approximate surface area is 68.6 Å². The average Bonchev–Trinajstić information content (AvgIpc) is 1.94. The SMILES string of the molecule is CC(O)c1cncc(F)c1Cl. The van der Waals surface area contributed by atoms with Gasteiger partial charge in [0.15, 0.2) is 5.82 Å². The van der Waals surface area contributed by atoms with E-state index >= 15 is 0 Å². The molecule has 0 aromatic carbocycles. The monoisotopic (exact) mass is 175 g/mol. The van der Waals surface area contributed by atoms with Crippen LogP contribution in [0.25, 0.3) is 0 Å². The predicted molar refractivity (Wildman–Crippen MR) is 39.8 cm³/mol. The molecule has 0 saturated carbocycles. The fourth-order valence-corrected chi connectivity index (χ4v) is 0.981. The highest BCUT2D eigenvalue weighted by Gasteiger charge is 2.09. The number of aromatic nitrogens is 1. The van der Waals surface area contributed by atoms with Crippen molar-refractivity contribution in [2.75, 3.05) is 0 Å². The third kappa shape index (κ3) is 1.67. The van der Waals surface area contributed by atoms with Gasteiger partial charge in [-0.05, 0) is 6.92 Å². The fraction of sp³-hybridized carbons (Fsp3) is 0.286. The van der Waals surface area contributed by atoms with Gasteiger partial charge in [-0.15, -0.1) is 0 Å². The molecule has 0 radical (unpaired) electrons. The Hall–Kier alpha value is -0.670. The van der Waals surface area contributed by atoms with Crippen LogP contribution in [0.4, 0.5) is 4.39 Å². The van der Waals surface area contributed by atoms with Crippen LogP contribution in [0.5, 0.6) is 0 Å². The lowest BCUT2D eigenvalue weighted by molar-refractivity contribution is 0.198. The van der Waals surface area contributed by atoms with E-state index in [-0.39, 0.29) is 5.02 Å². The number of rotatable bonds is 1. The van der Waals surface area contributed by atoms with Gasteiger partial charge in [-0.25, -0.2) is 4.39 Å². The molecular formula is C7H7ClFNO. The summed E-state index contributed by atoms with van der Waals surface area (Å²) in [4.78, 5) is 3.55. The van der Waals surface area contributed by atoms with E-state index in [1.54, 1.807) is 0 Å². The quantitative estimate of drug-likeness (QED) is 0.708. The molecule has 1 unspecified atom stereocenters. The van der Waals surface area contributed by atoms with Crippen LogP contribution in [-0.2, 0) is 0 Å². The van der Waals surface area contributed by atoms with E-state index in [0.29, 0.717) is 5.56 Å². The van der Waals surface area contributed by atoms with Crippen molar-refractivity contribution < 1.29 is 9.50 Å². The first-order valence-electron chi connectivity index (χ1n) is 3.10. The minimum absolute atomic E-state index is 0.0602. The number of aliphatic hydroxyl groups is 1. The number of halogens is 2. The second-order valence-corrected chi connectivity index (χ2v) is 2.58. The van der Waals surface area contributed by atoms with Gasteiger partial charge in [-0.2, -0.15) is 0 Å². The van der Waals surface area contributed by atoms with Crippen molar-refractivity contribution in [2.45, 2.75) is 13.0 Å². The molecule has 4 heteroatoms. The maximum Gasteiger partial charge on any atom is 0.160 e. The second kappa shape index (κ2) is 3.15. The molecule has 11 heavy (non-hydrogen) atoms. The van der Waals surface area contributed by atoms with Gasteiger partial charge in [-0.1, -0.05) is 11.6 Å². The van der Waals surface area contributed by atoms with Gasteiger partial charge in [0.1, 0.15) is 0 Å². The normalized spacial score (nSPS) is 13.1. The Balaban J connectivity index is 3.17. The molecule has 1 N–H and O–H groups in total. The van der Waals surface area contributed by atoms with Crippen molar-refractivity contribution in [3.05, 3.63) is 28.8 Å². The number of hydrogen-bond donors (Lipinski definition) is 1. The molecule has 0 aliphatic carbocycles. The lowest BCUT2D eigenvalue weighted by atomic mass is 10.2. The highest BCUT2D eigenvalue weighted by Crippen LogP contribution is 2.23. The maximum absolute atomic E-state index is 12.6. The first kappa shape index (κ1) is 8.43. The number of pyridine rings is 1. The fourth-order valence-electron chi connectivity index (χ4n) is 0.726. The Kier molecular flexibility index (Phi) is 2.42. The van der Waals surface area contributed by atoms with Gasteiger partial charge in [0, 0.05) is 11.8 Å². The van der Waals surface area contributed by atoms with E-state index < -0.39 is 11.9 Å². The molecule has 0 saturated heterocycles. The Morgan fingerprint density at radius 3 is 2.73 bits per heavy atom. The minimum atomic E-state index is -0.786. The molecule has 0 aliphatic rings. The second-order valence-electron chi connectivity index (χ2n) is 2.20. The number of aliphatic hydroxyl groups excluding tert-OH is 1. The van der Waals surface area contributed by atoms with Crippen molar-refractivity contribution in [2.24, 2.45) is 0 Å². The van der Waals surface area contributed by atoms with Crippen LogP contribution in [0.3, 0.4) is 0 Å². The molecule has 1 heterocycles. The van der Waals surface area contributed by atoms with Gasteiger partial charge < -0.3 is 5.11 Å². The summed E-state index contributed by atoms with van der Waals surface area (Å²) in [6.45, 7) is 1.50. The third-order valence-electron chi connectivity index (χ3n) is 1.31. The van der Waals surface area contributed by atoms with Gasteiger partial charge in [0.2, 0.25) is 0 Å². The van der Waals surface area contributed by atoms with Crippen molar-refractivity contribution in [3.8, 4) is 0 Å². The largest absolute Gasteiger partial charge is 0.389 e. The molecule has 60 valence electrons. The van der Waals surface area contributed by atoms with Gasteiger partial charge in [0.25, 0.3) is 0 Å². The maximum atomic E-state index is 12.6. The lowest BCUT2D eigenvalue weighted by Gasteiger charge is -2.05. The van der Waals surface area contributed by atoms with E-state index in [2.05, 4.69) is 4.98 Å². The molecule has 1 rings (SSSR count). The summed E-state index contributed by atoms with van der Waals surface area (Å²) in [7, 11) is 0. The highest BCUT2D eigenvalue weighted by atomic mass is 35.5. The summed E-state index contributed by atoms with van der Waals surface area (Å²) in [5.74, 6) is -0.606. The molecule has 1 aromatic rings. The zero-order valence-electron chi connectivity index (χ0n) is 5.88. The van der Waals surface area contributed by atoms with Crippen molar-refractivity contribution in [1.82, 2.24) is 4.98 Å². The summed E-state index contributed by atoms with van der Waals surface area (Å²) >= 11 is 5.51. The predicted octanol–water partition coefficient (Wildman–Crippen LogP) is 1.93. The molecular weight excluding hydrogens is 169 g/mol. The molecule has 0 spiro atoms.